The number of anilines is 1. The van der Waals surface area contributed by atoms with Crippen molar-refractivity contribution in [3.05, 3.63) is 101 Å². The lowest BCUT2D eigenvalue weighted by Gasteiger charge is -2.27. The predicted molar refractivity (Wildman–Crippen MR) is 127 cm³/mol. The van der Waals surface area contributed by atoms with Crippen molar-refractivity contribution in [2.75, 3.05) is 5.32 Å². The fourth-order valence-electron chi connectivity index (χ4n) is 4.20. The van der Waals surface area contributed by atoms with E-state index in [4.69, 9.17) is 9.72 Å². The number of rotatable bonds is 3. The molecule has 1 aliphatic rings. The molecule has 5 nitrogen and oxygen atoms in total. The van der Waals surface area contributed by atoms with E-state index in [2.05, 4.69) is 22.0 Å². The van der Waals surface area contributed by atoms with Gasteiger partial charge < -0.3 is 10.1 Å². The summed E-state index contributed by atoms with van der Waals surface area (Å²) in [5.41, 5.74) is 5.48. The number of hydrogen-bond donors (Lipinski definition) is 1. The summed E-state index contributed by atoms with van der Waals surface area (Å²) < 4.78 is 8.11. The van der Waals surface area contributed by atoms with Crippen LogP contribution in [0.1, 0.15) is 22.7 Å². The first-order chi connectivity index (χ1) is 15.7. The van der Waals surface area contributed by atoms with Gasteiger partial charge in [0.1, 0.15) is 11.5 Å². The molecule has 1 amide bonds. The molecule has 0 saturated carbocycles. The quantitative estimate of drug-likeness (QED) is 0.363. The van der Waals surface area contributed by atoms with Gasteiger partial charge in [-0.25, -0.2) is 4.98 Å². The van der Waals surface area contributed by atoms with Crippen LogP contribution in [0.5, 0.6) is 11.5 Å². The lowest BCUT2D eigenvalue weighted by Crippen LogP contribution is -2.25. The smallest absolute Gasteiger partial charge is 0.236 e. The van der Waals surface area contributed by atoms with Crippen LogP contribution in [0.3, 0.4) is 0 Å². The zero-order valence-electron chi connectivity index (χ0n) is 17.3. The molecule has 156 valence electrons. The summed E-state index contributed by atoms with van der Waals surface area (Å²) in [7, 11) is 0. The summed E-state index contributed by atoms with van der Waals surface area (Å²) in [6, 6.07) is 23.2. The van der Waals surface area contributed by atoms with E-state index in [1.54, 1.807) is 11.3 Å². The Labute approximate surface area is 188 Å². The lowest BCUT2D eigenvalue weighted by atomic mass is 9.87. The number of carbonyl (C=O) groups excluding carboxylic acids is 1. The lowest BCUT2D eigenvalue weighted by molar-refractivity contribution is -0.116. The van der Waals surface area contributed by atoms with E-state index in [0.717, 1.165) is 38.7 Å². The number of ether oxygens (including phenoxy) is 1. The highest BCUT2D eigenvalue weighted by Gasteiger charge is 2.32. The van der Waals surface area contributed by atoms with Crippen LogP contribution in [0.4, 0.5) is 5.69 Å². The first-order valence-corrected chi connectivity index (χ1v) is 11.3. The standard InChI is InChI=1S/C26H19N3O2S/c1-16-15-32-26-28-21(14-29(16)26)17-7-6-8-18(13-17)27-25(30)24-19-9-2-4-11-22(19)31-23-12-5-3-10-20(23)24/h2-15,24H,1H3,(H,27,30). The number of benzene rings is 3. The highest BCUT2D eigenvalue weighted by atomic mass is 32.1. The third kappa shape index (κ3) is 3.08. The SMILES string of the molecule is Cc1csc2nc(-c3cccc(NC(=O)C4c5ccccc5Oc5ccccc54)c3)cn12. The molecular weight excluding hydrogens is 418 g/mol. The van der Waals surface area contributed by atoms with Crippen LogP contribution < -0.4 is 10.1 Å². The van der Waals surface area contributed by atoms with Gasteiger partial charge in [-0.2, -0.15) is 0 Å². The fourth-order valence-corrected chi connectivity index (χ4v) is 5.05. The second-order valence-corrected chi connectivity index (χ2v) is 8.67. The van der Waals surface area contributed by atoms with Gasteiger partial charge in [-0.15, -0.1) is 11.3 Å². The number of aryl methyl sites for hydroxylation is 1. The zero-order chi connectivity index (χ0) is 21.7. The maximum atomic E-state index is 13.5. The highest BCUT2D eigenvalue weighted by molar-refractivity contribution is 7.15. The minimum atomic E-state index is -0.444. The van der Waals surface area contributed by atoms with E-state index in [-0.39, 0.29) is 5.91 Å². The van der Waals surface area contributed by atoms with Gasteiger partial charge in [-0.1, -0.05) is 48.5 Å². The Kier molecular flexibility index (Phi) is 4.33. The average molecular weight is 438 g/mol. The Morgan fingerprint density at radius 1 is 1.00 bits per heavy atom. The molecule has 0 aliphatic carbocycles. The van der Waals surface area contributed by atoms with Gasteiger partial charge in [0.15, 0.2) is 4.96 Å². The molecule has 3 aromatic carbocycles. The Morgan fingerprint density at radius 3 is 2.44 bits per heavy atom. The number of nitrogens with one attached hydrogen (secondary N) is 1. The van der Waals surface area contributed by atoms with Gasteiger partial charge in [0.2, 0.25) is 5.91 Å². The monoisotopic (exact) mass is 437 g/mol. The summed E-state index contributed by atoms with van der Waals surface area (Å²) >= 11 is 1.62. The number of fused-ring (bicyclic) bond motifs is 3. The number of amides is 1. The molecule has 2 aromatic heterocycles. The van der Waals surface area contributed by atoms with Crippen LogP contribution in [0, 0.1) is 6.92 Å². The van der Waals surface area contributed by atoms with Crippen molar-refractivity contribution in [3.8, 4) is 22.8 Å². The molecular formula is C26H19N3O2S. The molecule has 6 rings (SSSR count). The zero-order valence-corrected chi connectivity index (χ0v) is 18.1. The number of imidazole rings is 1. The third-order valence-electron chi connectivity index (χ3n) is 5.76. The minimum absolute atomic E-state index is 0.0907. The second-order valence-electron chi connectivity index (χ2n) is 7.84. The molecule has 0 fully saturated rings. The molecule has 1 aliphatic heterocycles. The number of para-hydroxylation sites is 2. The van der Waals surface area contributed by atoms with Crippen molar-refractivity contribution < 1.29 is 9.53 Å². The number of hydrogen-bond acceptors (Lipinski definition) is 4. The van der Waals surface area contributed by atoms with Crippen molar-refractivity contribution in [2.45, 2.75) is 12.8 Å². The Morgan fingerprint density at radius 2 is 1.72 bits per heavy atom. The van der Waals surface area contributed by atoms with E-state index in [9.17, 15) is 4.79 Å². The molecule has 3 heterocycles. The molecule has 5 aromatic rings. The van der Waals surface area contributed by atoms with Gasteiger partial charge >= 0.3 is 0 Å². The summed E-state index contributed by atoms with van der Waals surface area (Å²) in [5.74, 6) is 0.898. The van der Waals surface area contributed by atoms with Crippen LogP contribution in [0.2, 0.25) is 0 Å². The van der Waals surface area contributed by atoms with Crippen molar-refractivity contribution in [3.63, 3.8) is 0 Å². The maximum Gasteiger partial charge on any atom is 0.236 e. The Balaban J connectivity index is 1.34. The topological polar surface area (TPSA) is 55.6 Å². The van der Waals surface area contributed by atoms with Gasteiger partial charge in [0.05, 0.1) is 11.6 Å². The minimum Gasteiger partial charge on any atom is -0.457 e. The molecule has 1 N–H and O–H groups in total. The maximum absolute atomic E-state index is 13.5. The molecule has 32 heavy (non-hydrogen) atoms. The second kappa shape index (κ2) is 7.35. The van der Waals surface area contributed by atoms with Crippen LogP contribution in [-0.2, 0) is 4.79 Å². The van der Waals surface area contributed by atoms with Crippen molar-refractivity contribution in [1.29, 1.82) is 0 Å². The van der Waals surface area contributed by atoms with E-state index in [0.29, 0.717) is 11.5 Å². The normalized spacial score (nSPS) is 12.8. The van der Waals surface area contributed by atoms with Crippen molar-refractivity contribution in [1.82, 2.24) is 9.38 Å². The average Bonchev–Trinajstić information content (AvgIpc) is 3.39. The van der Waals surface area contributed by atoms with Gasteiger partial charge in [0, 0.05) is 39.6 Å². The summed E-state index contributed by atoms with van der Waals surface area (Å²) in [6.45, 7) is 2.06. The summed E-state index contributed by atoms with van der Waals surface area (Å²) in [6.07, 6.45) is 2.03. The molecule has 0 bridgehead atoms. The number of carbonyl (C=O) groups is 1. The fraction of sp³-hybridized carbons (Fsp3) is 0.0769. The van der Waals surface area contributed by atoms with E-state index < -0.39 is 5.92 Å². The predicted octanol–water partition coefficient (Wildman–Crippen LogP) is 6.25. The van der Waals surface area contributed by atoms with Crippen LogP contribution in [0.15, 0.2) is 84.4 Å². The highest BCUT2D eigenvalue weighted by Crippen LogP contribution is 2.44. The van der Waals surface area contributed by atoms with E-state index in [1.807, 2.05) is 79.0 Å². The summed E-state index contributed by atoms with van der Waals surface area (Å²) in [5, 5.41) is 5.21. The molecule has 0 saturated heterocycles. The largest absolute Gasteiger partial charge is 0.457 e. The van der Waals surface area contributed by atoms with E-state index in [1.165, 1.54) is 0 Å². The summed E-state index contributed by atoms with van der Waals surface area (Å²) in [4.78, 5) is 19.2. The first-order valence-electron chi connectivity index (χ1n) is 10.4. The molecule has 0 spiro atoms. The molecule has 0 unspecified atom stereocenters. The molecule has 0 atom stereocenters. The van der Waals surface area contributed by atoms with Gasteiger partial charge in [-0.3, -0.25) is 9.20 Å². The van der Waals surface area contributed by atoms with Gasteiger partial charge in [0.25, 0.3) is 0 Å². The first kappa shape index (κ1) is 18.8. The van der Waals surface area contributed by atoms with Crippen LogP contribution in [-0.4, -0.2) is 15.3 Å². The van der Waals surface area contributed by atoms with Gasteiger partial charge in [-0.05, 0) is 31.2 Å². The Bertz CT molecular complexity index is 1440. The number of nitrogens with zero attached hydrogens (tertiary/aromatic N) is 2. The third-order valence-corrected chi connectivity index (χ3v) is 6.71. The van der Waals surface area contributed by atoms with Crippen LogP contribution >= 0.6 is 11.3 Å². The number of thiazole rings is 1. The van der Waals surface area contributed by atoms with Crippen molar-refractivity contribution >= 4 is 27.9 Å². The van der Waals surface area contributed by atoms with Crippen LogP contribution in [0.25, 0.3) is 16.2 Å². The molecule has 6 heteroatoms. The van der Waals surface area contributed by atoms with Crippen molar-refractivity contribution in [2.24, 2.45) is 0 Å². The molecule has 0 radical (unpaired) electrons. The number of aromatic nitrogens is 2. The Hall–Kier alpha value is -3.90. The van der Waals surface area contributed by atoms with E-state index >= 15 is 0 Å².